The van der Waals surface area contributed by atoms with Crippen LogP contribution in [0.25, 0.3) is 11.4 Å². The lowest BCUT2D eigenvalue weighted by atomic mass is 10.1. The topological polar surface area (TPSA) is 68.5 Å². The monoisotopic (exact) mass is 397 g/mol. The highest BCUT2D eigenvalue weighted by Gasteiger charge is 2.34. The molecule has 1 aliphatic rings. The third-order valence-corrected chi connectivity index (χ3v) is 4.96. The van der Waals surface area contributed by atoms with E-state index in [-0.39, 0.29) is 11.8 Å². The molecule has 1 unspecified atom stereocenters. The van der Waals surface area contributed by atoms with Gasteiger partial charge in [-0.2, -0.15) is 4.98 Å². The third kappa shape index (κ3) is 3.87. The molecular formula is C21H20ClN3O3. The Balaban J connectivity index is 1.48. The minimum absolute atomic E-state index is 0.0683. The molecule has 0 aliphatic carbocycles. The number of carbonyl (C=O) groups is 1. The molecule has 2 aromatic carbocycles. The van der Waals surface area contributed by atoms with Crippen LogP contribution in [0.5, 0.6) is 5.75 Å². The van der Waals surface area contributed by atoms with Crippen LogP contribution in [-0.2, 0) is 11.3 Å². The number of hydrogen-bond donors (Lipinski definition) is 0. The number of ether oxygens (including phenoxy) is 1. The van der Waals surface area contributed by atoms with E-state index in [0.717, 1.165) is 16.9 Å². The molecule has 6 nitrogen and oxygen atoms in total. The molecule has 0 radical (unpaired) electrons. The van der Waals surface area contributed by atoms with Gasteiger partial charge in [-0.05, 0) is 25.1 Å². The second-order valence-electron chi connectivity index (χ2n) is 6.68. The second-order valence-corrected chi connectivity index (χ2v) is 7.12. The van der Waals surface area contributed by atoms with Crippen LogP contribution < -0.4 is 4.74 Å². The van der Waals surface area contributed by atoms with Crippen molar-refractivity contribution in [3.63, 3.8) is 0 Å². The van der Waals surface area contributed by atoms with E-state index in [1.54, 1.807) is 12.1 Å². The van der Waals surface area contributed by atoms with Gasteiger partial charge in [-0.3, -0.25) is 4.79 Å². The Hall–Kier alpha value is -2.86. The summed E-state index contributed by atoms with van der Waals surface area (Å²) in [5.41, 5.74) is 1.78. The van der Waals surface area contributed by atoms with Gasteiger partial charge in [-0.25, -0.2) is 0 Å². The van der Waals surface area contributed by atoms with Gasteiger partial charge in [0.2, 0.25) is 17.6 Å². The van der Waals surface area contributed by atoms with Crippen molar-refractivity contribution in [1.29, 1.82) is 0 Å². The van der Waals surface area contributed by atoms with Gasteiger partial charge < -0.3 is 14.2 Å². The number of nitrogens with zero attached hydrogens (tertiary/aromatic N) is 3. The second kappa shape index (κ2) is 8.02. The normalized spacial score (nSPS) is 16.6. The molecule has 1 fully saturated rings. The summed E-state index contributed by atoms with van der Waals surface area (Å²) in [6, 6.07) is 15.1. The summed E-state index contributed by atoms with van der Waals surface area (Å²) < 4.78 is 11.1. The maximum Gasteiger partial charge on any atom is 0.232 e. The molecule has 1 atom stereocenters. The number of aromatic nitrogens is 2. The Morgan fingerprint density at radius 3 is 2.93 bits per heavy atom. The molecule has 7 heteroatoms. The highest BCUT2D eigenvalue weighted by atomic mass is 35.5. The van der Waals surface area contributed by atoms with E-state index >= 15 is 0 Å². The first-order valence-electron chi connectivity index (χ1n) is 9.22. The zero-order chi connectivity index (χ0) is 19.5. The Bertz CT molecular complexity index is 988. The summed E-state index contributed by atoms with van der Waals surface area (Å²) >= 11 is 6.03. The van der Waals surface area contributed by atoms with E-state index in [1.165, 1.54) is 0 Å². The van der Waals surface area contributed by atoms with E-state index in [9.17, 15) is 4.79 Å². The SMILES string of the molecule is CCOc1ccccc1CN1CC(c2nc(-c3cccc(Cl)c3)no2)CC1=O. The van der Waals surface area contributed by atoms with Crippen LogP contribution in [0, 0.1) is 0 Å². The number of likely N-dealkylation sites (tertiary alicyclic amines) is 1. The largest absolute Gasteiger partial charge is 0.494 e. The average molecular weight is 398 g/mol. The minimum atomic E-state index is -0.118. The van der Waals surface area contributed by atoms with Gasteiger partial charge in [0.25, 0.3) is 0 Å². The molecule has 0 N–H and O–H groups in total. The molecular weight excluding hydrogens is 378 g/mol. The molecule has 144 valence electrons. The Kier molecular flexibility index (Phi) is 5.30. The summed E-state index contributed by atoms with van der Waals surface area (Å²) in [5.74, 6) is 1.71. The molecule has 0 spiro atoms. The zero-order valence-corrected chi connectivity index (χ0v) is 16.2. The average Bonchev–Trinajstić information content (AvgIpc) is 3.31. The van der Waals surface area contributed by atoms with Crippen molar-refractivity contribution in [3.8, 4) is 17.1 Å². The zero-order valence-electron chi connectivity index (χ0n) is 15.5. The van der Waals surface area contributed by atoms with Gasteiger partial charge in [0.1, 0.15) is 5.75 Å². The Morgan fingerprint density at radius 1 is 1.25 bits per heavy atom. The van der Waals surface area contributed by atoms with E-state index in [4.69, 9.17) is 20.9 Å². The fourth-order valence-electron chi connectivity index (χ4n) is 3.37. The first-order valence-corrected chi connectivity index (χ1v) is 9.60. The van der Waals surface area contributed by atoms with Gasteiger partial charge in [-0.1, -0.05) is 47.1 Å². The molecule has 1 aliphatic heterocycles. The van der Waals surface area contributed by atoms with Crippen molar-refractivity contribution in [2.24, 2.45) is 0 Å². The number of halogens is 1. The lowest BCUT2D eigenvalue weighted by Gasteiger charge is -2.18. The molecule has 2 heterocycles. The summed E-state index contributed by atoms with van der Waals surface area (Å²) in [4.78, 5) is 18.8. The van der Waals surface area contributed by atoms with Crippen LogP contribution in [0.15, 0.2) is 53.1 Å². The van der Waals surface area contributed by atoms with Crippen molar-refractivity contribution in [3.05, 3.63) is 65.0 Å². The number of rotatable bonds is 6. The Labute approximate surface area is 168 Å². The van der Waals surface area contributed by atoms with Crippen molar-refractivity contribution in [2.75, 3.05) is 13.2 Å². The van der Waals surface area contributed by atoms with Crippen LogP contribution in [-0.4, -0.2) is 34.1 Å². The summed E-state index contributed by atoms with van der Waals surface area (Å²) in [6.45, 7) is 3.57. The summed E-state index contributed by atoms with van der Waals surface area (Å²) in [6.07, 6.45) is 0.355. The lowest BCUT2D eigenvalue weighted by Crippen LogP contribution is -2.24. The van der Waals surface area contributed by atoms with Crippen LogP contribution in [0.3, 0.4) is 0 Å². The molecule has 1 amide bonds. The molecule has 4 rings (SSSR count). The van der Waals surface area contributed by atoms with Crippen molar-refractivity contribution < 1.29 is 14.1 Å². The summed E-state index contributed by atoms with van der Waals surface area (Å²) in [5, 5.41) is 4.66. The number of para-hydroxylation sites is 1. The molecule has 28 heavy (non-hydrogen) atoms. The van der Waals surface area contributed by atoms with Crippen LogP contribution in [0.4, 0.5) is 0 Å². The van der Waals surface area contributed by atoms with Gasteiger partial charge >= 0.3 is 0 Å². The fraction of sp³-hybridized carbons (Fsp3) is 0.286. The van der Waals surface area contributed by atoms with Crippen LogP contribution >= 0.6 is 11.6 Å². The number of hydrogen-bond acceptors (Lipinski definition) is 5. The maximum absolute atomic E-state index is 12.5. The first-order chi connectivity index (χ1) is 13.6. The van der Waals surface area contributed by atoms with Gasteiger partial charge in [-0.15, -0.1) is 0 Å². The lowest BCUT2D eigenvalue weighted by molar-refractivity contribution is -0.128. The first kappa shape index (κ1) is 18.5. The predicted molar refractivity (Wildman–Crippen MR) is 105 cm³/mol. The van der Waals surface area contributed by atoms with Gasteiger partial charge in [0, 0.05) is 35.7 Å². The number of carbonyl (C=O) groups excluding carboxylic acids is 1. The molecule has 3 aromatic rings. The Morgan fingerprint density at radius 2 is 2.11 bits per heavy atom. The fourth-order valence-corrected chi connectivity index (χ4v) is 3.56. The van der Waals surface area contributed by atoms with Gasteiger partial charge in [0.15, 0.2) is 0 Å². The third-order valence-electron chi connectivity index (χ3n) is 4.72. The maximum atomic E-state index is 12.5. The standard InChI is InChI=1S/C21H20ClN3O3/c1-2-27-18-9-4-3-6-15(18)12-25-13-16(11-19(25)26)21-23-20(24-28-21)14-7-5-8-17(22)10-14/h3-10,16H,2,11-13H2,1H3. The highest BCUT2D eigenvalue weighted by Crippen LogP contribution is 2.31. The molecule has 0 saturated carbocycles. The quantitative estimate of drug-likeness (QED) is 0.620. The molecule has 1 aromatic heterocycles. The summed E-state index contributed by atoms with van der Waals surface area (Å²) in [7, 11) is 0. The van der Waals surface area contributed by atoms with E-state index in [2.05, 4.69) is 10.1 Å². The number of benzene rings is 2. The van der Waals surface area contributed by atoms with E-state index < -0.39 is 0 Å². The van der Waals surface area contributed by atoms with Crippen LogP contribution in [0.1, 0.15) is 30.7 Å². The van der Waals surface area contributed by atoms with Crippen molar-refractivity contribution >= 4 is 17.5 Å². The predicted octanol–water partition coefficient (Wildman–Crippen LogP) is 4.30. The van der Waals surface area contributed by atoms with Crippen LogP contribution in [0.2, 0.25) is 5.02 Å². The van der Waals surface area contributed by atoms with E-state index in [0.29, 0.717) is 42.9 Å². The van der Waals surface area contributed by atoms with Crippen molar-refractivity contribution in [1.82, 2.24) is 15.0 Å². The highest BCUT2D eigenvalue weighted by molar-refractivity contribution is 6.30. The van der Waals surface area contributed by atoms with Crippen molar-refractivity contribution in [2.45, 2.75) is 25.8 Å². The minimum Gasteiger partial charge on any atom is -0.494 e. The van der Waals surface area contributed by atoms with E-state index in [1.807, 2.05) is 48.2 Å². The smallest absolute Gasteiger partial charge is 0.232 e. The number of amides is 1. The molecule has 0 bridgehead atoms. The molecule has 1 saturated heterocycles. The van der Waals surface area contributed by atoms with Gasteiger partial charge in [0.05, 0.1) is 12.5 Å².